The molecule has 0 aliphatic carbocycles. The number of likely N-dealkylation sites (N-methyl/N-ethyl adjacent to an activating group) is 1. The van der Waals surface area contributed by atoms with E-state index in [1.54, 1.807) is 4.90 Å². The van der Waals surface area contributed by atoms with Gasteiger partial charge in [-0.1, -0.05) is 20.8 Å². The number of aliphatic carboxylic acids is 1. The first-order valence-corrected chi connectivity index (χ1v) is 7.98. The molecule has 0 saturated carbocycles. The molecule has 0 aromatic heterocycles. The highest BCUT2D eigenvalue weighted by Gasteiger charge is 2.40. The van der Waals surface area contributed by atoms with E-state index in [9.17, 15) is 9.59 Å². The quantitative estimate of drug-likeness (QED) is 0.846. The van der Waals surface area contributed by atoms with Gasteiger partial charge in [-0.15, -0.1) is 0 Å². The van der Waals surface area contributed by atoms with Crippen molar-refractivity contribution in [3.8, 4) is 0 Å². The third-order valence-electron chi connectivity index (χ3n) is 4.96. The summed E-state index contributed by atoms with van der Waals surface area (Å²) in [6.45, 7) is 10.7. The number of hydrogen-bond donors (Lipinski definition) is 1. The second-order valence-corrected chi connectivity index (χ2v) is 6.22. The van der Waals surface area contributed by atoms with E-state index >= 15 is 0 Å². The van der Waals surface area contributed by atoms with E-state index in [4.69, 9.17) is 5.11 Å². The molecule has 1 N–H and O–H groups in total. The van der Waals surface area contributed by atoms with Gasteiger partial charge in [-0.25, -0.2) is 4.79 Å². The van der Waals surface area contributed by atoms with Gasteiger partial charge in [0, 0.05) is 32.2 Å². The summed E-state index contributed by atoms with van der Waals surface area (Å²) in [5, 5.41) is 9.17. The standard InChI is InChI=1S/C15H27N3O3/c1-4-16(5-2)12-6-7-17(9-12)15(21)18-8-11(3)13(10-18)14(19)20/h11-13H,4-10H2,1-3H3,(H,19,20). The average Bonchev–Trinajstić information content (AvgIpc) is 3.06. The maximum absolute atomic E-state index is 12.5. The summed E-state index contributed by atoms with van der Waals surface area (Å²) in [5.74, 6) is -1.18. The van der Waals surface area contributed by atoms with Crippen molar-refractivity contribution in [1.82, 2.24) is 14.7 Å². The number of urea groups is 1. The number of carbonyl (C=O) groups is 2. The molecule has 0 bridgehead atoms. The highest BCUT2D eigenvalue weighted by Crippen LogP contribution is 2.25. The highest BCUT2D eigenvalue weighted by molar-refractivity contribution is 5.78. The number of carbonyl (C=O) groups excluding carboxylic acids is 1. The lowest BCUT2D eigenvalue weighted by Crippen LogP contribution is -2.43. The van der Waals surface area contributed by atoms with Crippen LogP contribution in [0.4, 0.5) is 4.79 Å². The van der Waals surface area contributed by atoms with E-state index in [0.29, 0.717) is 19.1 Å². The zero-order valence-electron chi connectivity index (χ0n) is 13.3. The molecule has 2 aliphatic heterocycles. The minimum atomic E-state index is -0.791. The zero-order valence-corrected chi connectivity index (χ0v) is 13.3. The number of carboxylic acids is 1. The number of hydrogen-bond acceptors (Lipinski definition) is 3. The van der Waals surface area contributed by atoms with Gasteiger partial charge in [0.2, 0.25) is 0 Å². The molecule has 0 aromatic carbocycles. The van der Waals surface area contributed by atoms with Gasteiger partial charge in [-0.3, -0.25) is 9.69 Å². The number of carboxylic acid groups (broad SMARTS) is 1. The fourth-order valence-corrected chi connectivity index (χ4v) is 3.60. The van der Waals surface area contributed by atoms with Gasteiger partial charge in [0.15, 0.2) is 0 Å². The van der Waals surface area contributed by atoms with Gasteiger partial charge >= 0.3 is 12.0 Å². The second-order valence-electron chi connectivity index (χ2n) is 6.22. The summed E-state index contributed by atoms with van der Waals surface area (Å²) < 4.78 is 0. The minimum Gasteiger partial charge on any atom is -0.481 e. The van der Waals surface area contributed by atoms with E-state index < -0.39 is 11.9 Å². The molecule has 2 heterocycles. The van der Waals surface area contributed by atoms with Gasteiger partial charge < -0.3 is 14.9 Å². The Morgan fingerprint density at radius 1 is 1.14 bits per heavy atom. The van der Waals surface area contributed by atoms with Crippen LogP contribution in [-0.4, -0.2) is 77.1 Å². The van der Waals surface area contributed by atoms with Crippen molar-refractivity contribution in [3.05, 3.63) is 0 Å². The largest absolute Gasteiger partial charge is 0.481 e. The number of amides is 2. The molecular formula is C15H27N3O3. The van der Waals surface area contributed by atoms with Crippen LogP contribution < -0.4 is 0 Å². The molecule has 6 nitrogen and oxygen atoms in total. The lowest BCUT2D eigenvalue weighted by molar-refractivity contribution is -0.142. The molecule has 2 rings (SSSR count). The van der Waals surface area contributed by atoms with Gasteiger partial charge in [-0.05, 0) is 25.4 Å². The molecule has 0 radical (unpaired) electrons. The average molecular weight is 297 g/mol. The van der Waals surface area contributed by atoms with E-state index in [0.717, 1.165) is 32.6 Å². The van der Waals surface area contributed by atoms with E-state index in [-0.39, 0.29) is 11.9 Å². The Labute approximate surface area is 126 Å². The second kappa shape index (κ2) is 6.64. The van der Waals surface area contributed by atoms with E-state index in [1.807, 2.05) is 11.8 Å². The van der Waals surface area contributed by atoms with Crippen molar-refractivity contribution >= 4 is 12.0 Å². The molecule has 3 atom stereocenters. The van der Waals surface area contributed by atoms with Crippen molar-refractivity contribution in [2.45, 2.75) is 33.2 Å². The predicted octanol–water partition coefficient (Wildman–Crippen LogP) is 1.17. The lowest BCUT2D eigenvalue weighted by Gasteiger charge is -2.28. The third-order valence-corrected chi connectivity index (χ3v) is 4.96. The Morgan fingerprint density at radius 2 is 1.81 bits per heavy atom. The monoisotopic (exact) mass is 297 g/mol. The van der Waals surface area contributed by atoms with Crippen molar-refractivity contribution in [2.24, 2.45) is 11.8 Å². The maximum Gasteiger partial charge on any atom is 0.320 e. The van der Waals surface area contributed by atoms with Crippen LogP contribution >= 0.6 is 0 Å². The van der Waals surface area contributed by atoms with Crippen molar-refractivity contribution in [3.63, 3.8) is 0 Å². The summed E-state index contributed by atoms with van der Waals surface area (Å²) in [4.78, 5) is 29.7. The van der Waals surface area contributed by atoms with Crippen LogP contribution in [0.1, 0.15) is 27.2 Å². The summed E-state index contributed by atoms with van der Waals surface area (Å²) in [7, 11) is 0. The Balaban J connectivity index is 1.92. The summed E-state index contributed by atoms with van der Waals surface area (Å²) >= 11 is 0. The van der Waals surface area contributed by atoms with E-state index in [2.05, 4.69) is 18.7 Å². The summed E-state index contributed by atoms with van der Waals surface area (Å²) in [6, 6.07) is 0.458. The number of likely N-dealkylation sites (tertiary alicyclic amines) is 2. The highest BCUT2D eigenvalue weighted by atomic mass is 16.4. The van der Waals surface area contributed by atoms with Crippen LogP contribution in [0.2, 0.25) is 0 Å². The van der Waals surface area contributed by atoms with Crippen LogP contribution in [0.3, 0.4) is 0 Å². The normalized spacial score (nSPS) is 29.4. The lowest BCUT2D eigenvalue weighted by atomic mass is 9.99. The zero-order chi connectivity index (χ0) is 15.6. The SMILES string of the molecule is CCN(CC)C1CCN(C(=O)N2CC(C)C(C(=O)O)C2)C1. The predicted molar refractivity (Wildman–Crippen MR) is 80.2 cm³/mol. The number of rotatable bonds is 4. The van der Waals surface area contributed by atoms with E-state index in [1.165, 1.54) is 0 Å². The molecule has 0 aromatic rings. The first-order chi connectivity index (χ1) is 9.97. The Bertz CT molecular complexity index is 398. The van der Waals surface area contributed by atoms with Crippen molar-refractivity contribution < 1.29 is 14.7 Å². The van der Waals surface area contributed by atoms with Gasteiger partial charge in [-0.2, -0.15) is 0 Å². The summed E-state index contributed by atoms with van der Waals surface area (Å²) in [5.41, 5.74) is 0. The molecule has 120 valence electrons. The van der Waals surface area contributed by atoms with Gasteiger partial charge in [0.05, 0.1) is 5.92 Å². The molecule has 2 saturated heterocycles. The molecule has 0 spiro atoms. The topological polar surface area (TPSA) is 64.1 Å². The summed E-state index contributed by atoms with van der Waals surface area (Å²) in [6.07, 6.45) is 1.01. The molecule has 2 amide bonds. The van der Waals surface area contributed by atoms with Crippen LogP contribution in [0.15, 0.2) is 0 Å². The molecule has 2 fully saturated rings. The molecule has 3 unspecified atom stereocenters. The fraction of sp³-hybridized carbons (Fsp3) is 0.867. The maximum atomic E-state index is 12.5. The van der Waals surface area contributed by atoms with Crippen LogP contribution in [-0.2, 0) is 4.79 Å². The fourth-order valence-electron chi connectivity index (χ4n) is 3.60. The van der Waals surface area contributed by atoms with Crippen molar-refractivity contribution in [2.75, 3.05) is 39.3 Å². The molecular weight excluding hydrogens is 270 g/mol. The first-order valence-electron chi connectivity index (χ1n) is 7.98. The van der Waals surface area contributed by atoms with Crippen LogP contribution in [0, 0.1) is 11.8 Å². The molecule has 21 heavy (non-hydrogen) atoms. The number of nitrogens with zero attached hydrogens (tertiary/aromatic N) is 3. The molecule has 2 aliphatic rings. The smallest absolute Gasteiger partial charge is 0.320 e. The van der Waals surface area contributed by atoms with Crippen LogP contribution in [0.5, 0.6) is 0 Å². The Kier molecular flexibility index (Phi) is 5.08. The Morgan fingerprint density at radius 3 is 2.33 bits per heavy atom. The van der Waals surface area contributed by atoms with Crippen LogP contribution in [0.25, 0.3) is 0 Å². The Hall–Kier alpha value is -1.30. The molecule has 6 heteroatoms. The van der Waals surface area contributed by atoms with Crippen molar-refractivity contribution in [1.29, 1.82) is 0 Å². The van der Waals surface area contributed by atoms with Gasteiger partial charge in [0.25, 0.3) is 0 Å². The first kappa shape index (κ1) is 16.1. The minimum absolute atomic E-state index is 0.0141. The van der Waals surface area contributed by atoms with Gasteiger partial charge in [0.1, 0.15) is 0 Å². The third kappa shape index (κ3) is 3.31.